The Labute approximate surface area is 158 Å². The molecule has 1 amide bonds. The van der Waals surface area contributed by atoms with Crippen LogP contribution < -0.4 is 5.32 Å². The van der Waals surface area contributed by atoms with E-state index < -0.39 is 0 Å². The highest BCUT2D eigenvalue weighted by Gasteiger charge is 2.32. The van der Waals surface area contributed by atoms with Crippen LogP contribution in [0.4, 0.5) is 0 Å². The number of hydrogen-bond donors (Lipinski definition) is 1. The van der Waals surface area contributed by atoms with Gasteiger partial charge in [0, 0.05) is 50.4 Å². The molecule has 134 valence electrons. The fraction of sp³-hybridized carbons (Fsp3) is 0.533. The normalized spacial score (nSPS) is 17.3. The molecule has 3 rings (SSSR count). The van der Waals surface area contributed by atoms with Gasteiger partial charge in [0.2, 0.25) is 0 Å². The van der Waals surface area contributed by atoms with Crippen molar-refractivity contribution in [2.45, 2.75) is 25.8 Å². The molecule has 1 atom stereocenters. The highest BCUT2D eigenvalue weighted by atomic mass is 35.5. The number of imidazole rings is 1. The van der Waals surface area contributed by atoms with Crippen molar-refractivity contribution in [2.75, 3.05) is 19.6 Å². The van der Waals surface area contributed by atoms with Crippen LogP contribution in [-0.4, -0.2) is 45.0 Å². The second-order valence-electron chi connectivity index (χ2n) is 5.84. The molecule has 9 heteroatoms. The summed E-state index contributed by atoms with van der Waals surface area (Å²) in [5, 5.41) is 6.22. The molecule has 6 nitrogen and oxygen atoms in total. The summed E-state index contributed by atoms with van der Waals surface area (Å²) in [5.74, 6) is 1.25. The van der Waals surface area contributed by atoms with Gasteiger partial charge in [-0.05, 0) is 0 Å². The molecule has 3 heterocycles. The summed E-state index contributed by atoms with van der Waals surface area (Å²) >= 11 is 1.56. The molecule has 1 saturated heterocycles. The minimum absolute atomic E-state index is 0. The van der Waals surface area contributed by atoms with Gasteiger partial charge in [0.15, 0.2) is 0 Å². The number of carbonyl (C=O) groups is 1. The van der Waals surface area contributed by atoms with E-state index in [-0.39, 0.29) is 36.8 Å². The smallest absolute Gasteiger partial charge is 0.274 e. The number of thiazole rings is 1. The van der Waals surface area contributed by atoms with E-state index in [1.807, 2.05) is 28.1 Å². The first kappa shape index (κ1) is 20.9. The van der Waals surface area contributed by atoms with Crippen LogP contribution in [0.5, 0.6) is 0 Å². The van der Waals surface area contributed by atoms with Crippen molar-refractivity contribution < 1.29 is 4.79 Å². The first-order valence-corrected chi connectivity index (χ1v) is 8.40. The third-order valence-electron chi connectivity index (χ3n) is 3.90. The van der Waals surface area contributed by atoms with Crippen LogP contribution in [0, 0.1) is 0 Å². The number of rotatable bonds is 3. The molecule has 0 saturated carbocycles. The van der Waals surface area contributed by atoms with Crippen LogP contribution in [0.25, 0.3) is 0 Å². The Kier molecular flexibility index (Phi) is 7.66. The predicted octanol–water partition coefficient (Wildman–Crippen LogP) is 2.63. The molecule has 0 spiro atoms. The Balaban J connectivity index is 0.00000144. The summed E-state index contributed by atoms with van der Waals surface area (Å²) in [6.45, 7) is 6.37. The summed E-state index contributed by atoms with van der Waals surface area (Å²) in [6.07, 6.45) is 3.68. The molecule has 1 fully saturated rings. The number of halogens is 2. The zero-order valence-corrected chi connectivity index (χ0v) is 16.4. The van der Waals surface area contributed by atoms with Gasteiger partial charge in [-0.3, -0.25) is 4.79 Å². The zero-order chi connectivity index (χ0) is 15.7. The van der Waals surface area contributed by atoms with Crippen LogP contribution in [-0.2, 0) is 7.05 Å². The third-order valence-corrected chi connectivity index (χ3v) is 5.04. The molecule has 2 aromatic heterocycles. The lowest BCUT2D eigenvalue weighted by molar-refractivity contribution is 0.0615. The van der Waals surface area contributed by atoms with Crippen LogP contribution in [0.3, 0.4) is 0 Å². The Bertz CT molecular complexity index is 672. The molecule has 1 unspecified atom stereocenters. The van der Waals surface area contributed by atoms with Gasteiger partial charge < -0.3 is 14.8 Å². The average molecular weight is 392 g/mol. The largest absolute Gasteiger partial charge is 0.336 e. The van der Waals surface area contributed by atoms with Gasteiger partial charge in [-0.2, -0.15) is 0 Å². The lowest BCUT2D eigenvalue weighted by Crippen LogP contribution is -2.49. The summed E-state index contributed by atoms with van der Waals surface area (Å²) < 4.78 is 1.97. The zero-order valence-electron chi connectivity index (χ0n) is 13.9. The van der Waals surface area contributed by atoms with Gasteiger partial charge in [-0.1, -0.05) is 13.8 Å². The number of nitrogens with one attached hydrogen (secondary N) is 1. The van der Waals surface area contributed by atoms with Crippen LogP contribution in [0.15, 0.2) is 17.8 Å². The fourth-order valence-corrected chi connectivity index (χ4v) is 3.48. The number of carbonyl (C=O) groups excluding carboxylic acids is 1. The number of hydrogen-bond acceptors (Lipinski definition) is 5. The summed E-state index contributed by atoms with van der Waals surface area (Å²) in [7, 11) is 1.96. The van der Waals surface area contributed by atoms with Crippen LogP contribution in [0.1, 0.15) is 47.1 Å². The van der Waals surface area contributed by atoms with Gasteiger partial charge in [0.25, 0.3) is 5.91 Å². The van der Waals surface area contributed by atoms with Gasteiger partial charge in [-0.15, -0.1) is 36.2 Å². The lowest BCUT2D eigenvalue weighted by Gasteiger charge is -2.35. The number of aryl methyl sites for hydroxylation is 1. The standard InChI is InChI=1S/C15H21N5OS.2ClH/c1-10(2)14-18-11(9-22-14)15(21)20-7-4-16-8-12(20)13-17-5-6-19(13)3;;/h5-6,9-10,12,16H,4,7-8H2,1-3H3;2*1H. The molecular formula is C15H23Cl2N5OS. The van der Waals surface area contributed by atoms with Crippen LogP contribution in [0.2, 0.25) is 0 Å². The van der Waals surface area contributed by atoms with Gasteiger partial charge in [0.1, 0.15) is 17.6 Å². The second kappa shape index (κ2) is 8.80. The maximum absolute atomic E-state index is 12.9. The van der Waals surface area contributed by atoms with Crippen molar-refractivity contribution in [3.63, 3.8) is 0 Å². The summed E-state index contributed by atoms with van der Waals surface area (Å²) in [4.78, 5) is 23.7. The Hall–Kier alpha value is -1.15. The van der Waals surface area contributed by atoms with Crippen molar-refractivity contribution >= 4 is 42.1 Å². The Morgan fingerprint density at radius 1 is 1.42 bits per heavy atom. The Morgan fingerprint density at radius 2 is 2.17 bits per heavy atom. The number of aromatic nitrogens is 3. The van der Waals surface area contributed by atoms with E-state index in [1.54, 1.807) is 17.5 Å². The molecule has 1 aliphatic heterocycles. The molecule has 2 aromatic rings. The predicted molar refractivity (Wildman–Crippen MR) is 101 cm³/mol. The third kappa shape index (κ3) is 4.08. The quantitative estimate of drug-likeness (QED) is 0.873. The molecular weight excluding hydrogens is 369 g/mol. The molecule has 1 aliphatic rings. The highest BCUT2D eigenvalue weighted by molar-refractivity contribution is 7.09. The van der Waals surface area contributed by atoms with E-state index in [1.165, 1.54) is 0 Å². The highest BCUT2D eigenvalue weighted by Crippen LogP contribution is 2.25. The van der Waals surface area contributed by atoms with E-state index in [4.69, 9.17) is 0 Å². The van der Waals surface area contributed by atoms with Gasteiger partial charge in [0.05, 0.1) is 5.01 Å². The van der Waals surface area contributed by atoms with E-state index >= 15 is 0 Å². The lowest BCUT2D eigenvalue weighted by atomic mass is 10.1. The minimum Gasteiger partial charge on any atom is -0.336 e. The maximum atomic E-state index is 12.9. The van der Waals surface area contributed by atoms with Crippen molar-refractivity contribution in [3.05, 3.63) is 34.3 Å². The minimum atomic E-state index is -0.0505. The fourth-order valence-electron chi connectivity index (χ4n) is 2.67. The average Bonchev–Trinajstić information content (AvgIpc) is 3.15. The second-order valence-corrected chi connectivity index (χ2v) is 6.73. The molecule has 0 aromatic carbocycles. The molecule has 0 aliphatic carbocycles. The molecule has 0 bridgehead atoms. The monoisotopic (exact) mass is 391 g/mol. The first-order chi connectivity index (χ1) is 10.6. The first-order valence-electron chi connectivity index (χ1n) is 7.52. The molecule has 0 radical (unpaired) electrons. The van der Waals surface area contributed by atoms with Crippen molar-refractivity contribution in [3.8, 4) is 0 Å². The van der Waals surface area contributed by atoms with Crippen molar-refractivity contribution in [2.24, 2.45) is 7.05 Å². The van der Waals surface area contributed by atoms with Crippen molar-refractivity contribution in [1.82, 2.24) is 24.8 Å². The van der Waals surface area contributed by atoms with E-state index in [9.17, 15) is 4.79 Å². The van der Waals surface area contributed by atoms with Crippen LogP contribution >= 0.6 is 36.2 Å². The number of amides is 1. The Morgan fingerprint density at radius 3 is 2.75 bits per heavy atom. The molecule has 1 N–H and O–H groups in total. The maximum Gasteiger partial charge on any atom is 0.274 e. The van der Waals surface area contributed by atoms with Gasteiger partial charge in [-0.25, -0.2) is 9.97 Å². The summed E-state index contributed by atoms with van der Waals surface area (Å²) in [6, 6.07) is -0.0505. The number of piperazine rings is 1. The topological polar surface area (TPSA) is 63.1 Å². The summed E-state index contributed by atoms with van der Waals surface area (Å²) in [5.41, 5.74) is 0.551. The van der Waals surface area contributed by atoms with Gasteiger partial charge >= 0.3 is 0 Å². The van der Waals surface area contributed by atoms with Crippen molar-refractivity contribution in [1.29, 1.82) is 0 Å². The SMILES string of the molecule is CC(C)c1nc(C(=O)N2CCNCC2c2nccn2C)cs1.Cl.Cl. The number of nitrogens with zero attached hydrogens (tertiary/aromatic N) is 4. The van der Waals surface area contributed by atoms with E-state index in [2.05, 4.69) is 29.1 Å². The van der Waals surface area contributed by atoms with E-state index in [0.717, 1.165) is 23.9 Å². The molecule has 24 heavy (non-hydrogen) atoms. The van der Waals surface area contributed by atoms with E-state index in [0.29, 0.717) is 18.2 Å².